The Morgan fingerprint density at radius 1 is 1.33 bits per heavy atom. The molecule has 0 aromatic carbocycles. The van der Waals surface area contributed by atoms with Gasteiger partial charge in [0.25, 0.3) is 0 Å². The number of sulfonamides is 1. The Hall–Kier alpha value is -0.130. The van der Waals surface area contributed by atoms with Crippen LogP contribution in [-0.4, -0.2) is 38.1 Å². The predicted octanol–water partition coefficient (Wildman–Crippen LogP) is 1.81. The number of nitrogens with zero attached hydrogens (tertiary/aromatic N) is 1. The van der Waals surface area contributed by atoms with E-state index in [1.54, 1.807) is 4.31 Å². The van der Waals surface area contributed by atoms with E-state index in [4.69, 9.17) is 5.73 Å². The van der Waals surface area contributed by atoms with Gasteiger partial charge in [-0.1, -0.05) is 13.8 Å². The second kappa shape index (κ2) is 6.87. The maximum atomic E-state index is 11.5. The third kappa shape index (κ3) is 5.67. The Labute approximate surface area is 112 Å². The number of rotatable bonds is 6. The molecule has 1 aliphatic heterocycles. The summed E-state index contributed by atoms with van der Waals surface area (Å²) in [6, 6.07) is 0.219. The smallest absolute Gasteiger partial charge is 0.211 e. The first-order valence-electron chi connectivity index (χ1n) is 6.99. The third-order valence-electron chi connectivity index (χ3n) is 3.70. The van der Waals surface area contributed by atoms with E-state index >= 15 is 0 Å². The van der Waals surface area contributed by atoms with Crippen molar-refractivity contribution in [2.24, 2.45) is 17.6 Å². The van der Waals surface area contributed by atoms with Crippen LogP contribution in [0.4, 0.5) is 0 Å². The van der Waals surface area contributed by atoms with Gasteiger partial charge < -0.3 is 5.73 Å². The molecule has 0 bridgehead atoms. The molecule has 4 nitrogen and oxygen atoms in total. The zero-order valence-electron chi connectivity index (χ0n) is 11.9. The molecule has 2 N–H and O–H groups in total. The van der Waals surface area contributed by atoms with Gasteiger partial charge in [0, 0.05) is 19.1 Å². The molecule has 1 aliphatic rings. The van der Waals surface area contributed by atoms with Crippen molar-refractivity contribution in [2.45, 2.75) is 52.0 Å². The van der Waals surface area contributed by atoms with E-state index in [0.717, 1.165) is 32.1 Å². The first-order valence-corrected chi connectivity index (χ1v) is 8.84. The highest BCUT2D eigenvalue weighted by Gasteiger charge is 2.26. The van der Waals surface area contributed by atoms with Crippen LogP contribution < -0.4 is 5.73 Å². The number of piperidine rings is 1. The fourth-order valence-electron chi connectivity index (χ4n) is 2.61. The summed E-state index contributed by atoms with van der Waals surface area (Å²) < 4.78 is 24.7. The van der Waals surface area contributed by atoms with Crippen molar-refractivity contribution in [3.8, 4) is 0 Å². The number of hydrogen-bond acceptors (Lipinski definition) is 3. The van der Waals surface area contributed by atoms with E-state index in [1.807, 2.05) is 0 Å². The Kier molecular flexibility index (Phi) is 6.08. The molecule has 0 amide bonds. The lowest BCUT2D eigenvalue weighted by molar-refractivity contribution is 0.242. The van der Waals surface area contributed by atoms with E-state index in [2.05, 4.69) is 13.8 Å². The summed E-state index contributed by atoms with van der Waals surface area (Å²) in [5.41, 5.74) is 6.14. The Morgan fingerprint density at radius 3 is 2.56 bits per heavy atom. The molecular weight excluding hydrogens is 248 g/mol. The summed E-state index contributed by atoms with van der Waals surface area (Å²) in [6.07, 6.45) is 6.54. The molecule has 1 fully saturated rings. The number of nitrogens with two attached hydrogens (primary N) is 1. The monoisotopic (exact) mass is 276 g/mol. The molecule has 0 radical (unpaired) electrons. The van der Waals surface area contributed by atoms with Gasteiger partial charge in [-0.2, -0.15) is 0 Å². The van der Waals surface area contributed by atoms with Gasteiger partial charge in [-0.3, -0.25) is 0 Å². The predicted molar refractivity (Wildman–Crippen MR) is 75.8 cm³/mol. The molecule has 5 heteroatoms. The molecular formula is C13H28N2O2S. The summed E-state index contributed by atoms with van der Waals surface area (Å²) >= 11 is 0. The van der Waals surface area contributed by atoms with Crippen molar-refractivity contribution in [1.82, 2.24) is 4.31 Å². The standard InChI is InChI=1S/C13H28N2O2S/c1-11(2)6-7-13(14)9-12-5-4-8-15(10-12)18(3,16)17/h11-13H,4-10,14H2,1-3H3. The molecule has 0 saturated carbocycles. The van der Waals surface area contributed by atoms with Crippen LogP contribution in [0.1, 0.15) is 46.0 Å². The van der Waals surface area contributed by atoms with Crippen LogP contribution in [0.2, 0.25) is 0 Å². The van der Waals surface area contributed by atoms with Gasteiger partial charge >= 0.3 is 0 Å². The van der Waals surface area contributed by atoms with E-state index in [1.165, 1.54) is 6.26 Å². The second-order valence-electron chi connectivity index (χ2n) is 6.10. The van der Waals surface area contributed by atoms with Crippen molar-refractivity contribution in [3.63, 3.8) is 0 Å². The normalized spacial score (nSPS) is 24.4. The maximum absolute atomic E-state index is 11.5. The fourth-order valence-corrected chi connectivity index (χ4v) is 3.56. The average Bonchev–Trinajstić information content (AvgIpc) is 2.25. The average molecular weight is 276 g/mol. The summed E-state index contributed by atoms with van der Waals surface area (Å²) in [6.45, 7) is 5.75. The highest BCUT2D eigenvalue weighted by molar-refractivity contribution is 7.88. The van der Waals surface area contributed by atoms with Gasteiger partial charge in [-0.05, 0) is 43.9 Å². The SMILES string of the molecule is CC(C)CCC(N)CC1CCCN(S(C)(=O)=O)C1. The lowest BCUT2D eigenvalue weighted by atomic mass is 9.90. The van der Waals surface area contributed by atoms with Gasteiger partial charge in [0.2, 0.25) is 10.0 Å². The Balaban J connectivity index is 2.38. The zero-order valence-corrected chi connectivity index (χ0v) is 12.7. The minimum Gasteiger partial charge on any atom is -0.328 e. The topological polar surface area (TPSA) is 63.4 Å². The maximum Gasteiger partial charge on any atom is 0.211 e. The highest BCUT2D eigenvalue weighted by atomic mass is 32.2. The van der Waals surface area contributed by atoms with Crippen LogP contribution in [0.3, 0.4) is 0 Å². The molecule has 0 aliphatic carbocycles. The first kappa shape index (κ1) is 15.9. The minimum atomic E-state index is -3.03. The van der Waals surface area contributed by atoms with Gasteiger partial charge in [0.1, 0.15) is 0 Å². The van der Waals surface area contributed by atoms with Crippen molar-refractivity contribution in [2.75, 3.05) is 19.3 Å². The second-order valence-corrected chi connectivity index (χ2v) is 8.08. The summed E-state index contributed by atoms with van der Waals surface area (Å²) in [4.78, 5) is 0. The van der Waals surface area contributed by atoms with E-state index < -0.39 is 10.0 Å². The fraction of sp³-hybridized carbons (Fsp3) is 1.00. The van der Waals surface area contributed by atoms with Crippen molar-refractivity contribution < 1.29 is 8.42 Å². The minimum absolute atomic E-state index is 0.219. The molecule has 2 unspecified atom stereocenters. The molecule has 1 rings (SSSR count). The summed E-state index contributed by atoms with van der Waals surface area (Å²) in [7, 11) is -3.03. The summed E-state index contributed by atoms with van der Waals surface area (Å²) in [5, 5.41) is 0. The van der Waals surface area contributed by atoms with Crippen molar-refractivity contribution in [1.29, 1.82) is 0 Å². The Bertz CT molecular complexity index is 341. The zero-order chi connectivity index (χ0) is 13.8. The molecule has 1 saturated heterocycles. The van der Waals surface area contributed by atoms with Crippen LogP contribution in [0, 0.1) is 11.8 Å². The largest absolute Gasteiger partial charge is 0.328 e. The lowest BCUT2D eigenvalue weighted by Gasteiger charge is -2.32. The van der Waals surface area contributed by atoms with E-state index in [9.17, 15) is 8.42 Å². The van der Waals surface area contributed by atoms with Gasteiger partial charge in [0.15, 0.2) is 0 Å². The van der Waals surface area contributed by atoms with Crippen LogP contribution in [-0.2, 0) is 10.0 Å². The first-order chi connectivity index (χ1) is 8.29. The van der Waals surface area contributed by atoms with Gasteiger partial charge in [0.05, 0.1) is 6.26 Å². The Morgan fingerprint density at radius 2 is 2.00 bits per heavy atom. The quantitative estimate of drug-likeness (QED) is 0.805. The van der Waals surface area contributed by atoms with Gasteiger partial charge in [-0.25, -0.2) is 12.7 Å². The molecule has 0 aromatic rings. The summed E-state index contributed by atoms with van der Waals surface area (Å²) in [5.74, 6) is 1.13. The van der Waals surface area contributed by atoms with Crippen LogP contribution in [0.15, 0.2) is 0 Å². The molecule has 0 aromatic heterocycles. The van der Waals surface area contributed by atoms with Crippen LogP contribution in [0.5, 0.6) is 0 Å². The van der Waals surface area contributed by atoms with Crippen molar-refractivity contribution >= 4 is 10.0 Å². The lowest BCUT2D eigenvalue weighted by Crippen LogP contribution is -2.41. The molecule has 2 atom stereocenters. The molecule has 0 spiro atoms. The number of hydrogen-bond donors (Lipinski definition) is 1. The van der Waals surface area contributed by atoms with Crippen LogP contribution in [0.25, 0.3) is 0 Å². The van der Waals surface area contributed by atoms with E-state index in [-0.39, 0.29) is 6.04 Å². The van der Waals surface area contributed by atoms with Crippen LogP contribution >= 0.6 is 0 Å². The van der Waals surface area contributed by atoms with E-state index in [0.29, 0.717) is 24.9 Å². The van der Waals surface area contributed by atoms with Gasteiger partial charge in [-0.15, -0.1) is 0 Å². The highest BCUT2D eigenvalue weighted by Crippen LogP contribution is 2.23. The third-order valence-corrected chi connectivity index (χ3v) is 4.97. The molecule has 108 valence electrons. The van der Waals surface area contributed by atoms with Crippen molar-refractivity contribution in [3.05, 3.63) is 0 Å². The molecule has 1 heterocycles. The molecule has 18 heavy (non-hydrogen) atoms.